The summed E-state index contributed by atoms with van der Waals surface area (Å²) in [4.78, 5) is 4.70. The molecule has 1 N–H and O–H groups in total. The molecule has 0 bridgehead atoms. The Morgan fingerprint density at radius 1 is 1.21 bits per heavy atom. The van der Waals surface area contributed by atoms with Crippen LogP contribution in [0.25, 0.3) is 16.6 Å². The zero-order chi connectivity index (χ0) is 20.4. The molecular weight excluding hydrogens is 458 g/mol. The first-order valence-corrected chi connectivity index (χ1v) is 11.2. The Kier molecular flexibility index (Phi) is 5.59. The molecule has 150 valence electrons. The summed E-state index contributed by atoms with van der Waals surface area (Å²) in [5.74, 6) is 0.582. The highest BCUT2D eigenvalue weighted by molar-refractivity contribution is 9.10. The molecule has 0 aliphatic rings. The van der Waals surface area contributed by atoms with Crippen molar-refractivity contribution >= 4 is 48.5 Å². The van der Waals surface area contributed by atoms with E-state index >= 15 is 0 Å². The summed E-state index contributed by atoms with van der Waals surface area (Å²) in [6.07, 6.45) is 0.791. The summed E-state index contributed by atoms with van der Waals surface area (Å²) < 4.78 is 33.6. The topological polar surface area (TPSA) is 104 Å². The second-order valence-corrected chi connectivity index (χ2v) is 9.12. The molecule has 0 aliphatic heterocycles. The first-order valence-electron chi connectivity index (χ1n) is 8.90. The Morgan fingerprint density at radius 2 is 1.97 bits per heavy atom. The molecule has 0 saturated heterocycles. The number of fused-ring (bicyclic) bond motifs is 3. The Bertz CT molecular complexity index is 1210. The van der Waals surface area contributed by atoms with Crippen molar-refractivity contribution in [3.05, 3.63) is 53.0 Å². The van der Waals surface area contributed by atoms with Crippen LogP contribution in [-0.4, -0.2) is 44.6 Å². The van der Waals surface area contributed by atoms with Gasteiger partial charge in [0.25, 0.3) is 0 Å². The average Bonchev–Trinajstić information content (AvgIpc) is 3.16. The maximum Gasteiger partial charge on any atom is 0.317 e. The molecule has 0 saturated carbocycles. The smallest absolute Gasteiger partial charge is 0.317 e. The fourth-order valence-corrected chi connectivity index (χ4v) is 4.50. The molecule has 4 rings (SSSR count). The highest BCUT2D eigenvalue weighted by atomic mass is 79.9. The number of nitrogens with zero attached hydrogens (tertiary/aromatic N) is 4. The SMILES string of the molecule is COCCCNc1nc2c([S+](=O)([O-])c3ccc(Br)cc3)nnn2c2ccccc12. The molecule has 0 spiro atoms. The van der Waals surface area contributed by atoms with E-state index < -0.39 is 10.2 Å². The third-order valence-corrected chi connectivity index (χ3v) is 6.61. The van der Waals surface area contributed by atoms with E-state index in [0.29, 0.717) is 19.0 Å². The van der Waals surface area contributed by atoms with Gasteiger partial charge < -0.3 is 14.6 Å². The Balaban J connectivity index is 1.85. The number of hydrogen-bond donors (Lipinski definition) is 1. The van der Waals surface area contributed by atoms with E-state index in [1.165, 1.54) is 16.6 Å². The Morgan fingerprint density at radius 3 is 2.72 bits per heavy atom. The molecule has 2 aromatic heterocycles. The van der Waals surface area contributed by atoms with Crippen LogP contribution in [0.3, 0.4) is 0 Å². The quantitative estimate of drug-likeness (QED) is 0.321. The molecule has 8 nitrogen and oxygen atoms in total. The predicted octanol–water partition coefficient (Wildman–Crippen LogP) is 3.54. The summed E-state index contributed by atoms with van der Waals surface area (Å²) in [6, 6.07) is 13.9. The molecule has 29 heavy (non-hydrogen) atoms. The molecular formula is C19H18BrN5O3S. The van der Waals surface area contributed by atoms with Gasteiger partial charge in [-0.05, 0) is 42.8 Å². The van der Waals surface area contributed by atoms with E-state index in [1.807, 2.05) is 24.3 Å². The maximum absolute atomic E-state index is 13.2. The standard InChI is InChI=1S/C19H18BrN5O3S/c1-28-12-4-11-21-17-15-5-2-3-6-16(15)25-18(22-17)19(23-24-25)29(26,27)14-9-7-13(20)8-10-14/h2-3,5-10H,4,11-12H2,1H3,(H-,21,22,26,27). The van der Waals surface area contributed by atoms with Crippen molar-refractivity contribution in [1.29, 1.82) is 0 Å². The zero-order valence-electron chi connectivity index (χ0n) is 15.5. The monoisotopic (exact) mass is 475 g/mol. The lowest BCUT2D eigenvalue weighted by Gasteiger charge is -2.13. The molecule has 2 heterocycles. The van der Waals surface area contributed by atoms with Crippen molar-refractivity contribution in [2.75, 3.05) is 25.6 Å². The van der Waals surface area contributed by atoms with Crippen molar-refractivity contribution in [1.82, 2.24) is 19.8 Å². The van der Waals surface area contributed by atoms with Crippen LogP contribution in [0.1, 0.15) is 6.42 Å². The van der Waals surface area contributed by atoms with Gasteiger partial charge in [-0.2, -0.15) is 4.52 Å². The van der Waals surface area contributed by atoms with Crippen LogP contribution in [0.15, 0.2) is 62.9 Å². The second kappa shape index (κ2) is 8.15. The largest absolute Gasteiger partial charge is 0.604 e. The number of benzene rings is 2. The van der Waals surface area contributed by atoms with Crippen molar-refractivity contribution in [2.45, 2.75) is 16.3 Å². The van der Waals surface area contributed by atoms with Crippen LogP contribution in [0, 0.1) is 0 Å². The lowest BCUT2D eigenvalue weighted by molar-refractivity contribution is 0.198. The minimum atomic E-state index is -3.88. The minimum Gasteiger partial charge on any atom is -0.604 e. The van der Waals surface area contributed by atoms with Gasteiger partial charge in [0, 0.05) is 30.1 Å². The summed E-state index contributed by atoms with van der Waals surface area (Å²) in [7, 11) is -2.23. The van der Waals surface area contributed by atoms with E-state index in [1.54, 1.807) is 19.2 Å². The molecule has 4 aromatic rings. The van der Waals surface area contributed by atoms with Crippen LogP contribution >= 0.6 is 15.9 Å². The molecule has 0 amide bonds. The number of halogens is 1. The van der Waals surface area contributed by atoms with Gasteiger partial charge in [-0.1, -0.05) is 42.6 Å². The minimum absolute atomic E-state index is 0.132. The lowest BCUT2D eigenvalue weighted by Crippen LogP contribution is -2.13. The van der Waals surface area contributed by atoms with E-state index in [-0.39, 0.29) is 15.6 Å². The highest BCUT2D eigenvalue weighted by Gasteiger charge is 2.32. The number of nitrogens with one attached hydrogen (secondary N) is 1. The number of hydrogen-bond acceptors (Lipinski definition) is 7. The first-order chi connectivity index (χ1) is 14.0. The van der Waals surface area contributed by atoms with Crippen molar-refractivity contribution < 1.29 is 13.5 Å². The number of para-hydroxylation sites is 1. The Hall–Kier alpha value is -2.40. The van der Waals surface area contributed by atoms with Crippen LogP contribution in [0.4, 0.5) is 5.82 Å². The van der Waals surface area contributed by atoms with E-state index in [2.05, 4.69) is 36.5 Å². The van der Waals surface area contributed by atoms with Crippen LogP contribution in [-0.2, 0) is 19.2 Å². The third kappa shape index (κ3) is 3.76. The van der Waals surface area contributed by atoms with Crippen LogP contribution < -0.4 is 5.32 Å². The average molecular weight is 476 g/mol. The number of sulfone groups is 1. The van der Waals surface area contributed by atoms with Gasteiger partial charge in [-0.15, -0.1) is 0 Å². The molecule has 0 fully saturated rings. The number of ether oxygens (including phenoxy) is 1. The zero-order valence-corrected chi connectivity index (χ0v) is 17.9. The lowest BCUT2D eigenvalue weighted by atomic mass is 10.2. The molecule has 1 unspecified atom stereocenters. The second-order valence-electron chi connectivity index (χ2n) is 6.34. The summed E-state index contributed by atoms with van der Waals surface area (Å²) in [6.45, 7) is 1.25. The van der Waals surface area contributed by atoms with E-state index in [9.17, 15) is 8.76 Å². The summed E-state index contributed by atoms with van der Waals surface area (Å²) >= 11 is 3.32. The number of anilines is 1. The number of rotatable bonds is 7. The maximum atomic E-state index is 13.2. The number of methoxy groups -OCH3 is 1. The van der Waals surface area contributed by atoms with Gasteiger partial charge in [-0.3, -0.25) is 0 Å². The first kappa shape index (κ1) is 19.9. The summed E-state index contributed by atoms with van der Waals surface area (Å²) in [5.41, 5.74) is 0.900. The van der Waals surface area contributed by atoms with Gasteiger partial charge in [0.15, 0.2) is 4.90 Å². The van der Waals surface area contributed by atoms with E-state index in [0.717, 1.165) is 21.8 Å². The normalized spacial score (nSPS) is 13.6. The molecule has 2 aromatic carbocycles. The fraction of sp³-hybridized carbons (Fsp3) is 0.211. The Labute approximate surface area is 176 Å². The van der Waals surface area contributed by atoms with Crippen molar-refractivity contribution in [3.8, 4) is 0 Å². The van der Waals surface area contributed by atoms with Crippen LogP contribution in [0.2, 0.25) is 0 Å². The molecule has 10 heteroatoms. The van der Waals surface area contributed by atoms with Gasteiger partial charge in [0.2, 0.25) is 5.65 Å². The molecule has 0 aliphatic carbocycles. The summed E-state index contributed by atoms with van der Waals surface area (Å²) in [5, 5.41) is 12.0. The van der Waals surface area contributed by atoms with Gasteiger partial charge in [0.05, 0.1) is 5.52 Å². The van der Waals surface area contributed by atoms with Gasteiger partial charge in [-0.25, -0.2) is 4.98 Å². The highest BCUT2D eigenvalue weighted by Crippen LogP contribution is 2.31. The fourth-order valence-electron chi connectivity index (χ4n) is 3.00. The van der Waals surface area contributed by atoms with Gasteiger partial charge >= 0.3 is 5.03 Å². The number of aromatic nitrogens is 4. The molecule has 0 radical (unpaired) electrons. The van der Waals surface area contributed by atoms with E-state index in [4.69, 9.17) is 4.74 Å². The van der Waals surface area contributed by atoms with Gasteiger partial charge in [0.1, 0.15) is 16.0 Å². The van der Waals surface area contributed by atoms with Crippen LogP contribution in [0.5, 0.6) is 0 Å². The molecule has 1 atom stereocenters. The van der Waals surface area contributed by atoms with Crippen molar-refractivity contribution in [2.24, 2.45) is 0 Å². The van der Waals surface area contributed by atoms with Crippen molar-refractivity contribution in [3.63, 3.8) is 0 Å². The third-order valence-electron chi connectivity index (χ3n) is 4.42. The predicted molar refractivity (Wildman–Crippen MR) is 113 cm³/mol.